The van der Waals surface area contributed by atoms with Crippen LogP contribution in [0.15, 0.2) is 36.4 Å². The molecule has 0 saturated heterocycles. The van der Waals surface area contributed by atoms with E-state index in [1.165, 1.54) is 17.4 Å². The average Bonchev–Trinajstić information content (AvgIpc) is 3.19. The maximum absolute atomic E-state index is 12.8. The van der Waals surface area contributed by atoms with Crippen LogP contribution in [-0.4, -0.2) is 15.9 Å². The van der Waals surface area contributed by atoms with Crippen LogP contribution in [0.1, 0.15) is 25.9 Å². The van der Waals surface area contributed by atoms with E-state index in [9.17, 15) is 18.0 Å². The molecule has 0 spiro atoms. The molecule has 4 nitrogen and oxygen atoms in total. The highest BCUT2D eigenvalue weighted by molar-refractivity contribution is 7.20. The number of rotatable bonds is 3. The summed E-state index contributed by atoms with van der Waals surface area (Å²) in [5.74, 6) is -0.344. The maximum atomic E-state index is 12.8. The van der Waals surface area contributed by atoms with Crippen molar-refractivity contribution in [2.24, 2.45) is 0 Å². The molecule has 0 bridgehead atoms. The Bertz CT molecular complexity index is 1130. The fourth-order valence-corrected chi connectivity index (χ4v) is 4.71. The summed E-state index contributed by atoms with van der Waals surface area (Å²) in [5.41, 5.74) is 0.532. The topological polar surface area (TPSA) is 54.9 Å². The van der Waals surface area contributed by atoms with Crippen molar-refractivity contribution in [1.82, 2.24) is 15.3 Å². The van der Waals surface area contributed by atoms with Gasteiger partial charge in [0.2, 0.25) is 0 Å². The lowest BCUT2D eigenvalue weighted by molar-refractivity contribution is -0.140. The fraction of sp³-hybridized carbons (Fsp3) is 0.167. The zero-order valence-electron chi connectivity index (χ0n) is 13.9. The summed E-state index contributed by atoms with van der Waals surface area (Å²) in [6, 6.07) is 9.97. The number of aryl methyl sites for hydroxylation is 1. The summed E-state index contributed by atoms with van der Waals surface area (Å²) < 4.78 is 39.5. The number of halogens is 3. The molecule has 0 atom stereocenters. The van der Waals surface area contributed by atoms with Gasteiger partial charge in [0, 0.05) is 5.39 Å². The van der Waals surface area contributed by atoms with E-state index in [1.807, 2.05) is 24.3 Å². The Labute approximate surface area is 159 Å². The van der Waals surface area contributed by atoms with E-state index in [4.69, 9.17) is 0 Å². The number of para-hydroxylation sites is 1. The highest BCUT2D eigenvalue weighted by Gasteiger charge is 2.33. The van der Waals surface area contributed by atoms with Gasteiger partial charge in [-0.1, -0.05) is 12.1 Å². The smallest absolute Gasteiger partial charge is 0.345 e. The van der Waals surface area contributed by atoms with E-state index < -0.39 is 11.9 Å². The lowest BCUT2D eigenvalue weighted by atomic mass is 10.2. The molecule has 0 fully saturated rings. The Morgan fingerprint density at radius 3 is 2.63 bits per heavy atom. The minimum Gasteiger partial charge on any atom is -0.345 e. The Morgan fingerprint density at radius 1 is 1.11 bits per heavy atom. The number of carbonyl (C=O) groups is 1. The zero-order valence-corrected chi connectivity index (χ0v) is 15.6. The molecule has 0 aliphatic heterocycles. The van der Waals surface area contributed by atoms with E-state index >= 15 is 0 Å². The molecule has 3 aromatic heterocycles. The standard InChI is InChI=1S/C18H12F3N3OS2/c1-9-10-6-7-13(18(19,20)21)24-17(10)27-15(9)16(25)22-8-14-23-11-4-2-3-5-12(11)26-14/h2-7H,8H2,1H3,(H,22,25). The van der Waals surface area contributed by atoms with Gasteiger partial charge in [-0.05, 0) is 36.8 Å². The third-order valence-electron chi connectivity index (χ3n) is 4.04. The fourth-order valence-electron chi connectivity index (χ4n) is 2.71. The van der Waals surface area contributed by atoms with Gasteiger partial charge in [-0.25, -0.2) is 9.97 Å². The Kier molecular flexibility index (Phi) is 4.35. The molecule has 0 aliphatic rings. The number of amides is 1. The van der Waals surface area contributed by atoms with Gasteiger partial charge in [0.15, 0.2) is 0 Å². The molecule has 27 heavy (non-hydrogen) atoms. The van der Waals surface area contributed by atoms with Crippen molar-refractivity contribution in [3.8, 4) is 0 Å². The van der Waals surface area contributed by atoms with Crippen molar-refractivity contribution in [3.05, 3.63) is 57.5 Å². The number of thiazole rings is 1. The van der Waals surface area contributed by atoms with Crippen LogP contribution in [0, 0.1) is 6.92 Å². The number of nitrogens with zero attached hydrogens (tertiary/aromatic N) is 2. The molecule has 1 aromatic carbocycles. The van der Waals surface area contributed by atoms with Crippen LogP contribution < -0.4 is 5.32 Å². The van der Waals surface area contributed by atoms with Gasteiger partial charge in [-0.3, -0.25) is 4.79 Å². The van der Waals surface area contributed by atoms with Crippen LogP contribution in [0.4, 0.5) is 13.2 Å². The Morgan fingerprint density at radius 2 is 1.89 bits per heavy atom. The van der Waals surface area contributed by atoms with Crippen molar-refractivity contribution >= 4 is 49.0 Å². The zero-order chi connectivity index (χ0) is 19.2. The summed E-state index contributed by atoms with van der Waals surface area (Å²) in [7, 11) is 0. The van der Waals surface area contributed by atoms with E-state index in [-0.39, 0.29) is 17.3 Å². The van der Waals surface area contributed by atoms with Crippen molar-refractivity contribution in [1.29, 1.82) is 0 Å². The monoisotopic (exact) mass is 407 g/mol. The summed E-state index contributed by atoms with van der Waals surface area (Å²) in [6.45, 7) is 1.97. The third kappa shape index (κ3) is 3.40. The first kappa shape index (κ1) is 17.9. The number of fused-ring (bicyclic) bond motifs is 2. The predicted octanol–water partition coefficient (Wildman–Crippen LogP) is 5.16. The van der Waals surface area contributed by atoms with Crippen molar-refractivity contribution in [3.63, 3.8) is 0 Å². The first-order chi connectivity index (χ1) is 12.8. The predicted molar refractivity (Wildman–Crippen MR) is 100 cm³/mol. The van der Waals surface area contributed by atoms with E-state index in [1.54, 1.807) is 6.92 Å². The molecule has 138 valence electrons. The molecule has 3 heterocycles. The van der Waals surface area contributed by atoms with Crippen molar-refractivity contribution in [2.45, 2.75) is 19.6 Å². The second-order valence-corrected chi connectivity index (χ2v) is 7.98. The Hall–Kier alpha value is -2.52. The number of thiophene rings is 1. The number of pyridine rings is 1. The van der Waals surface area contributed by atoms with Crippen LogP contribution >= 0.6 is 22.7 Å². The first-order valence-corrected chi connectivity index (χ1v) is 9.56. The molecule has 0 unspecified atom stereocenters. The minimum absolute atomic E-state index is 0.201. The number of nitrogens with one attached hydrogen (secondary N) is 1. The van der Waals surface area contributed by atoms with Crippen molar-refractivity contribution < 1.29 is 18.0 Å². The van der Waals surface area contributed by atoms with Crippen LogP contribution in [0.5, 0.6) is 0 Å². The molecule has 9 heteroatoms. The number of alkyl halides is 3. The number of benzene rings is 1. The SMILES string of the molecule is Cc1c(C(=O)NCc2nc3ccccc3s2)sc2nc(C(F)(F)F)ccc12. The van der Waals surface area contributed by atoms with Crippen LogP contribution in [0.2, 0.25) is 0 Å². The molecule has 0 saturated carbocycles. The lowest BCUT2D eigenvalue weighted by Gasteiger charge is -2.04. The van der Waals surface area contributed by atoms with E-state index in [0.717, 1.165) is 32.6 Å². The number of aromatic nitrogens is 2. The van der Waals surface area contributed by atoms with Gasteiger partial charge < -0.3 is 5.32 Å². The number of carbonyl (C=O) groups excluding carboxylic acids is 1. The van der Waals surface area contributed by atoms with Gasteiger partial charge in [-0.15, -0.1) is 22.7 Å². The summed E-state index contributed by atoms with van der Waals surface area (Å²) in [6.07, 6.45) is -4.51. The highest BCUT2D eigenvalue weighted by atomic mass is 32.1. The summed E-state index contributed by atoms with van der Waals surface area (Å²) in [4.78, 5) is 21.2. The highest BCUT2D eigenvalue weighted by Crippen LogP contribution is 2.34. The first-order valence-electron chi connectivity index (χ1n) is 7.93. The summed E-state index contributed by atoms with van der Waals surface area (Å²) >= 11 is 2.45. The molecule has 1 amide bonds. The van der Waals surface area contributed by atoms with E-state index in [0.29, 0.717) is 15.8 Å². The van der Waals surface area contributed by atoms with E-state index in [2.05, 4.69) is 15.3 Å². The molecule has 0 radical (unpaired) electrons. The van der Waals surface area contributed by atoms with Crippen LogP contribution in [-0.2, 0) is 12.7 Å². The second kappa shape index (κ2) is 6.58. The quantitative estimate of drug-likeness (QED) is 0.510. The lowest BCUT2D eigenvalue weighted by Crippen LogP contribution is -2.22. The maximum Gasteiger partial charge on any atom is 0.433 e. The third-order valence-corrected chi connectivity index (χ3v) is 6.28. The largest absolute Gasteiger partial charge is 0.433 e. The normalized spacial score (nSPS) is 12.0. The van der Waals surface area contributed by atoms with Gasteiger partial charge in [0.25, 0.3) is 5.91 Å². The van der Waals surface area contributed by atoms with Crippen LogP contribution in [0.3, 0.4) is 0 Å². The average molecular weight is 407 g/mol. The van der Waals surface area contributed by atoms with Gasteiger partial charge >= 0.3 is 6.18 Å². The second-order valence-electron chi connectivity index (χ2n) is 5.86. The number of hydrogen-bond acceptors (Lipinski definition) is 5. The molecule has 4 rings (SSSR count). The molecule has 0 aliphatic carbocycles. The van der Waals surface area contributed by atoms with Crippen LogP contribution in [0.25, 0.3) is 20.4 Å². The Balaban J connectivity index is 1.57. The molecule has 4 aromatic rings. The molecule has 1 N–H and O–H groups in total. The minimum atomic E-state index is -4.51. The molecular weight excluding hydrogens is 395 g/mol. The van der Waals surface area contributed by atoms with Crippen molar-refractivity contribution in [2.75, 3.05) is 0 Å². The van der Waals surface area contributed by atoms with Gasteiger partial charge in [0.1, 0.15) is 15.5 Å². The van der Waals surface area contributed by atoms with Gasteiger partial charge in [-0.2, -0.15) is 13.2 Å². The van der Waals surface area contributed by atoms with Gasteiger partial charge in [0.05, 0.1) is 21.6 Å². The summed E-state index contributed by atoms with van der Waals surface area (Å²) in [5, 5.41) is 4.11. The number of hydrogen-bond donors (Lipinski definition) is 1. The molecular formula is C18H12F3N3OS2.